The molecular weight excluding hydrogens is 242 g/mol. The van der Waals surface area contributed by atoms with Crippen LogP contribution < -0.4 is 10.1 Å². The maximum absolute atomic E-state index is 10.9. The number of nitrogens with one attached hydrogen (secondary N) is 2. The minimum atomic E-state index is -0.00874. The second-order valence-electron chi connectivity index (χ2n) is 4.91. The third-order valence-electron chi connectivity index (χ3n) is 3.16. The number of hydrogen-bond donors (Lipinski definition) is 2. The molecule has 5 nitrogen and oxygen atoms in total. The average Bonchev–Trinajstić information content (AvgIpc) is 3.10. The van der Waals surface area contributed by atoms with Crippen molar-refractivity contribution in [3.05, 3.63) is 23.9 Å². The summed E-state index contributed by atoms with van der Waals surface area (Å²) in [5.74, 6) is 0.681. The van der Waals surface area contributed by atoms with Crippen LogP contribution in [-0.4, -0.2) is 28.5 Å². The number of carbonyl (C=O) groups excluding carboxylic acids is 1. The molecule has 0 spiro atoms. The number of carbonyl (C=O) groups is 1. The van der Waals surface area contributed by atoms with E-state index in [-0.39, 0.29) is 5.91 Å². The molecule has 0 radical (unpaired) electrons. The summed E-state index contributed by atoms with van der Waals surface area (Å²) in [6.45, 7) is 2.15. The number of hydrogen-bond acceptors (Lipinski definition) is 3. The number of pyridine rings is 1. The number of aromatic amines is 1. The number of ether oxygens (including phenoxy) is 1. The maximum atomic E-state index is 10.9. The smallest absolute Gasteiger partial charge is 0.216 e. The van der Waals surface area contributed by atoms with Gasteiger partial charge in [0.05, 0.1) is 11.0 Å². The molecule has 3 rings (SSSR count). The van der Waals surface area contributed by atoms with E-state index in [9.17, 15) is 4.79 Å². The molecule has 1 aliphatic carbocycles. The van der Waals surface area contributed by atoms with E-state index < -0.39 is 0 Å². The zero-order chi connectivity index (χ0) is 13.2. The topological polar surface area (TPSA) is 67.0 Å². The van der Waals surface area contributed by atoms with E-state index in [1.807, 2.05) is 18.3 Å². The van der Waals surface area contributed by atoms with Crippen LogP contribution in [0.5, 0.6) is 5.88 Å². The highest BCUT2D eigenvalue weighted by Gasteiger charge is 2.24. The van der Waals surface area contributed by atoms with Crippen molar-refractivity contribution < 1.29 is 9.53 Å². The van der Waals surface area contributed by atoms with Crippen LogP contribution in [0.15, 0.2) is 18.3 Å². The van der Waals surface area contributed by atoms with Crippen LogP contribution in [0.2, 0.25) is 0 Å². The van der Waals surface area contributed by atoms with Gasteiger partial charge in [0.1, 0.15) is 6.10 Å². The van der Waals surface area contributed by atoms with Gasteiger partial charge >= 0.3 is 0 Å². The Balaban J connectivity index is 1.76. The molecular formula is C14H17N3O2. The molecule has 0 unspecified atom stereocenters. The summed E-state index contributed by atoms with van der Waals surface area (Å²) in [5.41, 5.74) is 3.04. The van der Waals surface area contributed by atoms with E-state index in [0.717, 1.165) is 35.9 Å². The molecule has 100 valence electrons. The fourth-order valence-electron chi connectivity index (χ4n) is 2.02. The van der Waals surface area contributed by atoms with E-state index in [0.29, 0.717) is 18.5 Å². The molecule has 2 N–H and O–H groups in total. The van der Waals surface area contributed by atoms with Gasteiger partial charge in [-0.15, -0.1) is 0 Å². The van der Waals surface area contributed by atoms with Crippen LogP contribution in [0.25, 0.3) is 11.0 Å². The average molecular weight is 259 g/mol. The fraction of sp³-hybridized carbons (Fsp3) is 0.429. The van der Waals surface area contributed by atoms with Crippen LogP contribution in [-0.2, 0) is 11.2 Å². The summed E-state index contributed by atoms with van der Waals surface area (Å²) >= 11 is 0. The van der Waals surface area contributed by atoms with Gasteiger partial charge in [-0.25, -0.2) is 4.98 Å². The van der Waals surface area contributed by atoms with Gasteiger partial charge < -0.3 is 15.0 Å². The molecule has 0 aliphatic heterocycles. The molecule has 1 fully saturated rings. The van der Waals surface area contributed by atoms with Gasteiger partial charge in [0.15, 0.2) is 0 Å². The number of rotatable bonds is 5. The summed E-state index contributed by atoms with van der Waals surface area (Å²) in [6, 6.07) is 3.89. The van der Waals surface area contributed by atoms with Crippen molar-refractivity contribution in [1.29, 1.82) is 0 Å². The van der Waals surface area contributed by atoms with Gasteiger partial charge in [0.2, 0.25) is 11.8 Å². The molecule has 0 bridgehead atoms. The highest BCUT2D eigenvalue weighted by Crippen LogP contribution is 2.27. The molecule has 1 saturated carbocycles. The van der Waals surface area contributed by atoms with Crippen molar-refractivity contribution >= 4 is 16.9 Å². The van der Waals surface area contributed by atoms with Crippen molar-refractivity contribution in [2.24, 2.45) is 0 Å². The van der Waals surface area contributed by atoms with E-state index in [1.165, 1.54) is 6.92 Å². The van der Waals surface area contributed by atoms with Crippen molar-refractivity contribution in [3.8, 4) is 5.88 Å². The number of aromatic nitrogens is 2. The Morgan fingerprint density at radius 3 is 3.11 bits per heavy atom. The first-order valence-electron chi connectivity index (χ1n) is 6.60. The predicted octanol–water partition coefficient (Wildman–Crippen LogP) is 1.78. The van der Waals surface area contributed by atoms with Crippen molar-refractivity contribution in [2.45, 2.75) is 32.3 Å². The Morgan fingerprint density at radius 2 is 2.37 bits per heavy atom. The van der Waals surface area contributed by atoms with Crippen molar-refractivity contribution in [3.63, 3.8) is 0 Å². The zero-order valence-corrected chi connectivity index (χ0v) is 10.9. The summed E-state index contributed by atoms with van der Waals surface area (Å²) < 4.78 is 5.71. The predicted molar refractivity (Wildman–Crippen MR) is 72.1 cm³/mol. The standard InChI is InChI=1S/C14H17N3O2/c1-9(18)15-7-6-10-8-16-12-4-5-13(17-14(10)12)19-11-2-3-11/h4-5,8,11,16H,2-3,6-7H2,1H3,(H,15,18). The second-order valence-corrected chi connectivity index (χ2v) is 4.91. The molecule has 1 amide bonds. The first-order chi connectivity index (χ1) is 9.22. The van der Waals surface area contributed by atoms with Crippen molar-refractivity contribution in [2.75, 3.05) is 6.54 Å². The van der Waals surface area contributed by atoms with Gasteiger partial charge in [-0.2, -0.15) is 0 Å². The van der Waals surface area contributed by atoms with E-state index in [4.69, 9.17) is 4.74 Å². The summed E-state index contributed by atoms with van der Waals surface area (Å²) in [6.07, 6.45) is 5.32. The lowest BCUT2D eigenvalue weighted by atomic mass is 10.2. The van der Waals surface area contributed by atoms with E-state index in [1.54, 1.807) is 0 Å². The lowest BCUT2D eigenvalue weighted by molar-refractivity contribution is -0.118. The first kappa shape index (κ1) is 12.0. The molecule has 0 aromatic carbocycles. The Kier molecular flexibility index (Phi) is 3.11. The monoisotopic (exact) mass is 259 g/mol. The largest absolute Gasteiger partial charge is 0.474 e. The highest BCUT2D eigenvalue weighted by molar-refractivity contribution is 5.79. The molecule has 0 atom stereocenters. The SMILES string of the molecule is CC(=O)NCCc1c[nH]c2ccc(OC3CC3)nc12. The third-order valence-corrected chi connectivity index (χ3v) is 3.16. The minimum absolute atomic E-state index is 0.00874. The Hall–Kier alpha value is -2.04. The molecule has 19 heavy (non-hydrogen) atoms. The molecule has 5 heteroatoms. The van der Waals surface area contributed by atoms with Crippen molar-refractivity contribution in [1.82, 2.24) is 15.3 Å². The van der Waals surface area contributed by atoms with Gasteiger partial charge in [-0.1, -0.05) is 0 Å². The minimum Gasteiger partial charge on any atom is -0.474 e. The highest BCUT2D eigenvalue weighted by atomic mass is 16.5. The molecule has 2 aromatic rings. The Labute approximate surface area is 111 Å². The van der Waals surface area contributed by atoms with Crippen LogP contribution in [0.3, 0.4) is 0 Å². The van der Waals surface area contributed by atoms with Gasteiger partial charge in [-0.3, -0.25) is 4.79 Å². The van der Waals surface area contributed by atoms with E-state index in [2.05, 4.69) is 15.3 Å². The van der Waals surface area contributed by atoms with Gasteiger partial charge in [0, 0.05) is 25.7 Å². The normalized spacial score (nSPS) is 14.6. The van der Waals surface area contributed by atoms with E-state index >= 15 is 0 Å². The number of nitrogens with zero attached hydrogens (tertiary/aromatic N) is 1. The maximum Gasteiger partial charge on any atom is 0.216 e. The van der Waals surface area contributed by atoms with Crippen LogP contribution in [0.4, 0.5) is 0 Å². The number of H-pyrrole nitrogens is 1. The Morgan fingerprint density at radius 1 is 1.53 bits per heavy atom. The third kappa shape index (κ3) is 2.86. The van der Waals surface area contributed by atoms with Crippen LogP contribution in [0.1, 0.15) is 25.3 Å². The molecule has 0 saturated heterocycles. The lowest BCUT2D eigenvalue weighted by Gasteiger charge is -2.04. The lowest BCUT2D eigenvalue weighted by Crippen LogP contribution is -2.22. The second kappa shape index (κ2) is 4.91. The molecule has 2 aromatic heterocycles. The summed E-state index contributed by atoms with van der Waals surface area (Å²) in [4.78, 5) is 18.6. The molecule has 2 heterocycles. The van der Waals surface area contributed by atoms with Crippen LogP contribution in [0, 0.1) is 0 Å². The first-order valence-corrected chi connectivity index (χ1v) is 6.60. The quantitative estimate of drug-likeness (QED) is 0.860. The van der Waals surface area contributed by atoms with Gasteiger partial charge in [-0.05, 0) is 30.9 Å². The fourth-order valence-corrected chi connectivity index (χ4v) is 2.02. The summed E-state index contributed by atoms with van der Waals surface area (Å²) in [7, 11) is 0. The zero-order valence-electron chi connectivity index (χ0n) is 10.9. The number of fused-ring (bicyclic) bond motifs is 1. The summed E-state index contributed by atoms with van der Waals surface area (Å²) in [5, 5.41) is 2.79. The molecule has 1 aliphatic rings. The van der Waals surface area contributed by atoms with Gasteiger partial charge in [0.25, 0.3) is 0 Å². The van der Waals surface area contributed by atoms with Crippen LogP contribution >= 0.6 is 0 Å². The Bertz CT molecular complexity index is 602. The number of amides is 1.